The Labute approximate surface area is 204 Å². The van der Waals surface area contributed by atoms with Gasteiger partial charge in [0.1, 0.15) is 10.8 Å². The number of thiophene rings is 1. The fraction of sp³-hybridized carbons (Fsp3) is 0.250. The van der Waals surface area contributed by atoms with E-state index in [2.05, 4.69) is 15.5 Å². The molecule has 10 heteroatoms. The zero-order valence-electron chi connectivity index (χ0n) is 18.7. The van der Waals surface area contributed by atoms with Crippen LogP contribution in [0.25, 0.3) is 17.1 Å². The summed E-state index contributed by atoms with van der Waals surface area (Å²) in [6.07, 6.45) is 4.36. The van der Waals surface area contributed by atoms with Gasteiger partial charge in [0.25, 0.3) is 5.91 Å². The molecule has 0 saturated heterocycles. The summed E-state index contributed by atoms with van der Waals surface area (Å²) in [6.45, 7) is 3.68. The van der Waals surface area contributed by atoms with Crippen LogP contribution in [-0.2, 0) is 17.6 Å². The SMILES string of the molecule is Cc1occc1-c1nnc(S[C@@H](C)C(=O)Nc2sc3c(c2C(N)=O)CCC3)n1-c1ccccc1. The highest BCUT2D eigenvalue weighted by Crippen LogP contribution is 2.39. The Hall–Kier alpha value is -3.37. The van der Waals surface area contributed by atoms with Gasteiger partial charge in [-0.3, -0.25) is 14.2 Å². The van der Waals surface area contributed by atoms with Crippen molar-refractivity contribution in [1.82, 2.24) is 14.8 Å². The molecule has 174 valence electrons. The summed E-state index contributed by atoms with van der Waals surface area (Å²) in [4.78, 5) is 26.3. The van der Waals surface area contributed by atoms with Crippen LogP contribution in [0.4, 0.5) is 5.00 Å². The highest BCUT2D eigenvalue weighted by molar-refractivity contribution is 8.00. The third-order valence-corrected chi connectivity index (χ3v) is 8.05. The Balaban J connectivity index is 1.43. The van der Waals surface area contributed by atoms with Gasteiger partial charge in [-0.1, -0.05) is 30.0 Å². The number of amides is 2. The summed E-state index contributed by atoms with van der Waals surface area (Å²) in [5.41, 5.74) is 8.78. The Bertz CT molecular complexity index is 1370. The first-order chi connectivity index (χ1) is 16.4. The molecule has 3 aromatic heterocycles. The number of rotatable bonds is 7. The minimum atomic E-state index is -0.501. The maximum atomic E-state index is 13.1. The minimum absolute atomic E-state index is 0.226. The van der Waals surface area contributed by atoms with Crippen LogP contribution in [-0.4, -0.2) is 31.8 Å². The second kappa shape index (κ2) is 9.11. The van der Waals surface area contributed by atoms with Gasteiger partial charge in [0, 0.05) is 10.6 Å². The normalized spacial score (nSPS) is 13.6. The number of aryl methyl sites for hydroxylation is 2. The molecule has 0 saturated carbocycles. The maximum Gasteiger partial charge on any atom is 0.251 e. The van der Waals surface area contributed by atoms with Gasteiger partial charge in [-0.05, 0) is 56.9 Å². The van der Waals surface area contributed by atoms with Crippen molar-refractivity contribution in [2.45, 2.75) is 43.5 Å². The Morgan fingerprint density at radius 3 is 2.71 bits per heavy atom. The van der Waals surface area contributed by atoms with Crippen LogP contribution in [0.2, 0.25) is 0 Å². The molecule has 0 bridgehead atoms. The van der Waals surface area contributed by atoms with Crippen LogP contribution in [0, 0.1) is 6.92 Å². The molecule has 0 fully saturated rings. The van der Waals surface area contributed by atoms with Gasteiger partial charge in [0.2, 0.25) is 5.91 Å². The van der Waals surface area contributed by atoms with E-state index in [9.17, 15) is 9.59 Å². The van der Waals surface area contributed by atoms with E-state index in [1.165, 1.54) is 23.1 Å². The van der Waals surface area contributed by atoms with Crippen molar-refractivity contribution in [3.63, 3.8) is 0 Å². The smallest absolute Gasteiger partial charge is 0.251 e. The molecule has 5 rings (SSSR count). The van der Waals surface area contributed by atoms with E-state index >= 15 is 0 Å². The Morgan fingerprint density at radius 1 is 1.21 bits per heavy atom. The number of primary amides is 1. The molecule has 1 aliphatic carbocycles. The largest absolute Gasteiger partial charge is 0.469 e. The van der Waals surface area contributed by atoms with Gasteiger partial charge in [-0.15, -0.1) is 21.5 Å². The monoisotopic (exact) mass is 493 g/mol. The highest BCUT2D eigenvalue weighted by Gasteiger charge is 2.28. The topological polar surface area (TPSA) is 116 Å². The average Bonchev–Trinajstić information content (AvgIpc) is 3.58. The second-order valence-corrected chi connectivity index (χ2v) is 10.5. The van der Waals surface area contributed by atoms with Gasteiger partial charge in [0.05, 0.1) is 22.6 Å². The molecule has 0 spiro atoms. The fourth-order valence-electron chi connectivity index (χ4n) is 4.13. The van der Waals surface area contributed by atoms with E-state index < -0.39 is 11.2 Å². The molecule has 0 radical (unpaired) electrons. The van der Waals surface area contributed by atoms with E-state index in [4.69, 9.17) is 10.2 Å². The second-order valence-electron chi connectivity index (χ2n) is 8.04. The molecule has 0 unspecified atom stereocenters. The zero-order chi connectivity index (χ0) is 23.8. The lowest BCUT2D eigenvalue weighted by atomic mass is 10.1. The summed E-state index contributed by atoms with van der Waals surface area (Å²) >= 11 is 2.74. The third kappa shape index (κ3) is 4.03. The molecule has 3 heterocycles. The van der Waals surface area contributed by atoms with Gasteiger partial charge < -0.3 is 15.5 Å². The van der Waals surface area contributed by atoms with E-state index in [1.54, 1.807) is 13.2 Å². The van der Waals surface area contributed by atoms with Gasteiger partial charge in [-0.2, -0.15) is 0 Å². The number of furan rings is 1. The predicted octanol–water partition coefficient (Wildman–Crippen LogP) is 4.60. The first-order valence-corrected chi connectivity index (χ1v) is 12.6. The van der Waals surface area contributed by atoms with Crippen LogP contribution >= 0.6 is 23.1 Å². The number of hydrogen-bond acceptors (Lipinski definition) is 7. The predicted molar refractivity (Wildman–Crippen MR) is 133 cm³/mol. The van der Waals surface area contributed by atoms with Crippen molar-refractivity contribution in [2.24, 2.45) is 5.73 Å². The molecule has 34 heavy (non-hydrogen) atoms. The molecule has 1 aromatic carbocycles. The van der Waals surface area contributed by atoms with Gasteiger partial charge >= 0.3 is 0 Å². The van der Waals surface area contributed by atoms with Crippen LogP contribution in [0.5, 0.6) is 0 Å². The number of para-hydroxylation sites is 1. The van der Waals surface area contributed by atoms with Crippen LogP contribution in [0.1, 0.15) is 39.9 Å². The number of nitrogens with zero attached hydrogens (tertiary/aromatic N) is 3. The fourth-order valence-corrected chi connectivity index (χ4v) is 6.29. The van der Waals surface area contributed by atoms with Crippen LogP contribution < -0.4 is 11.1 Å². The molecular weight excluding hydrogens is 470 g/mol. The number of nitrogens with one attached hydrogen (secondary N) is 1. The van der Waals surface area contributed by atoms with Crippen molar-refractivity contribution in [3.05, 3.63) is 64.4 Å². The summed E-state index contributed by atoms with van der Waals surface area (Å²) in [5.74, 6) is 0.643. The average molecular weight is 494 g/mol. The highest BCUT2D eigenvalue weighted by atomic mass is 32.2. The van der Waals surface area contributed by atoms with Crippen LogP contribution in [0.3, 0.4) is 0 Å². The van der Waals surface area contributed by atoms with Gasteiger partial charge in [0.15, 0.2) is 11.0 Å². The molecule has 3 N–H and O–H groups in total. The van der Waals surface area contributed by atoms with Crippen molar-refractivity contribution < 1.29 is 14.0 Å². The first-order valence-electron chi connectivity index (χ1n) is 10.9. The molecule has 1 aliphatic rings. The third-order valence-electron chi connectivity index (χ3n) is 5.80. The molecule has 2 amide bonds. The summed E-state index contributed by atoms with van der Waals surface area (Å²) < 4.78 is 7.39. The Kier molecular flexibility index (Phi) is 6.01. The lowest BCUT2D eigenvalue weighted by Gasteiger charge is -2.14. The molecule has 8 nitrogen and oxygen atoms in total. The first kappa shape index (κ1) is 22.4. The van der Waals surface area contributed by atoms with Crippen molar-refractivity contribution in [2.75, 3.05) is 5.32 Å². The number of anilines is 1. The maximum absolute atomic E-state index is 13.1. The summed E-state index contributed by atoms with van der Waals surface area (Å²) in [7, 11) is 0. The van der Waals surface area contributed by atoms with Crippen molar-refractivity contribution in [3.8, 4) is 17.1 Å². The summed E-state index contributed by atoms with van der Waals surface area (Å²) in [5, 5.41) is 12.3. The van der Waals surface area contributed by atoms with E-state index in [0.29, 0.717) is 21.5 Å². The number of nitrogens with two attached hydrogens (primary N) is 1. The number of aromatic nitrogens is 3. The van der Waals surface area contributed by atoms with Gasteiger partial charge in [-0.25, -0.2) is 0 Å². The lowest BCUT2D eigenvalue weighted by Crippen LogP contribution is -2.24. The van der Waals surface area contributed by atoms with Crippen molar-refractivity contribution >= 4 is 39.9 Å². The zero-order valence-corrected chi connectivity index (χ0v) is 20.3. The minimum Gasteiger partial charge on any atom is -0.469 e. The quantitative estimate of drug-likeness (QED) is 0.363. The number of thioether (sulfide) groups is 1. The lowest BCUT2D eigenvalue weighted by molar-refractivity contribution is -0.115. The number of fused-ring (bicyclic) bond motifs is 1. The van der Waals surface area contributed by atoms with Crippen LogP contribution in [0.15, 0.2) is 52.2 Å². The van der Waals surface area contributed by atoms with E-state index in [-0.39, 0.29) is 5.91 Å². The number of hydrogen-bond donors (Lipinski definition) is 2. The summed E-state index contributed by atoms with van der Waals surface area (Å²) in [6, 6.07) is 11.6. The molecule has 0 aliphatic heterocycles. The van der Waals surface area contributed by atoms with E-state index in [1.807, 2.05) is 47.9 Å². The molecular formula is C24H23N5O3S2. The standard InChI is InChI=1S/C24H23N5O3S2/c1-13-16(11-12-32-13)21-27-28-24(29(21)15-7-4-3-5-8-15)33-14(2)22(31)26-23-19(20(25)30)17-9-6-10-18(17)34-23/h3-5,7-8,11-12,14H,6,9-10H2,1-2H3,(H2,25,30)(H,26,31)/t14-/m0/s1. The number of carbonyl (C=O) groups is 2. The molecule has 1 atom stereocenters. The number of carbonyl (C=O) groups excluding carboxylic acids is 2. The Morgan fingerprint density at radius 2 is 2.00 bits per heavy atom. The van der Waals surface area contributed by atoms with E-state index in [0.717, 1.165) is 46.7 Å². The number of benzene rings is 1. The molecule has 4 aromatic rings. The van der Waals surface area contributed by atoms with Crippen molar-refractivity contribution in [1.29, 1.82) is 0 Å².